The number of benzene rings is 1. The minimum Gasteiger partial charge on any atom is -0.396 e. The molecule has 2 fully saturated rings. The molecule has 0 aromatic heterocycles. The fourth-order valence-corrected chi connectivity index (χ4v) is 4.18. The number of nitrogens with zero attached hydrogens (tertiary/aromatic N) is 1. The molecule has 0 radical (unpaired) electrons. The number of aryl methyl sites for hydroxylation is 1. The first-order valence-corrected chi connectivity index (χ1v) is 8.92. The molecule has 22 heavy (non-hydrogen) atoms. The van der Waals surface area contributed by atoms with Crippen LogP contribution < -0.4 is 5.32 Å². The predicted octanol–water partition coefficient (Wildman–Crippen LogP) is 2.29. The minimum absolute atomic E-state index is 0.349. The number of likely N-dealkylation sites (tertiary alicyclic amines) is 1. The number of hydrogen-bond donors (Lipinski definition) is 2. The van der Waals surface area contributed by atoms with Gasteiger partial charge in [-0.1, -0.05) is 31.2 Å². The topological polar surface area (TPSA) is 35.5 Å². The molecule has 1 aromatic rings. The molecule has 0 unspecified atom stereocenters. The van der Waals surface area contributed by atoms with Crippen LogP contribution in [0.3, 0.4) is 0 Å². The smallest absolute Gasteiger partial charge is 0.0474 e. The molecular formula is C19H30N2O. The van der Waals surface area contributed by atoms with Crippen LogP contribution in [-0.4, -0.2) is 42.8 Å². The molecule has 3 nitrogen and oxygen atoms in total. The molecule has 2 N–H and O–H groups in total. The van der Waals surface area contributed by atoms with E-state index >= 15 is 0 Å². The molecule has 2 aliphatic rings. The largest absolute Gasteiger partial charge is 0.396 e. The lowest BCUT2D eigenvalue weighted by molar-refractivity contribution is 0.108. The van der Waals surface area contributed by atoms with E-state index < -0.39 is 0 Å². The minimum atomic E-state index is 0.349. The lowest BCUT2D eigenvalue weighted by Crippen LogP contribution is -2.38. The summed E-state index contributed by atoms with van der Waals surface area (Å²) in [6, 6.07) is 9.09. The van der Waals surface area contributed by atoms with E-state index in [2.05, 4.69) is 41.4 Å². The van der Waals surface area contributed by atoms with Gasteiger partial charge in [0.2, 0.25) is 0 Å². The molecule has 2 atom stereocenters. The Hall–Kier alpha value is -0.900. The summed E-state index contributed by atoms with van der Waals surface area (Å²) < 4.78 is 0. The van der Waals surface area contributed by atoms with Crippen molar-refractivity contribution in [2.45, 2.75) is 32.7 Å². The summed E-state index contributed by atoms with van der Waals surface area (Å²) in [7, 11) is 0. The van der Waals surface area contributed by atoms with Gasteiger partial charge in [-0.15, -0.1) is 0 Å². The molecule has 3 heteroatoms. The van der Waals surface area contributed by atoms with Crippen LogP contribution in [-0.2, 0) is 13.0 Å². The van der Waals surface area contributed by atoms with Crippen LogP contribution in [0.15, 0.2) is 24.3 Å². The Morgan fingerprint density at radius 3 is 2.41 bits per heavy atom. The van der Waals surface area contributed by atoms with Crippen LogP contribution in [0.5, 0.6) is 0 Å². The van der Waals surface area contributed by atoms with E-state index in [0.717, 1.165) is 32.0 Å². The van der Waals surface area contributed by atoms with Gasteiger partial charge in [-0.2, -0.15) is 0 Å². The average molecular weight is 302 g/mol. The number of hydrogen-bond acceptors (Lipinski definition) is 3. The van der Waals surface area contributed by atoms with Crippen LogP contribution in [0.4, 0.5) is 0 Å². The van der Waals surface area contributed by atoms with Crippen LogP contribution in [0.2, 0.25) is 0 Å². The normalized spacial score (nSPS) is 27.4. The molecule has 2 aliphatic heterocycles. The van der Waals surface area contributed by atoms with Crippen molar-refractivity contribution in [2.75, 3.05) is 32.8 Å². The second-order valence-corrected chi connectivity index (χ2v) is 7.05. The summed E-state index contributed by atoms with van der Waals surface area (Å²) in [5.74, 6) is 1.97. The van der Waals surface area contributed by atoms with Crippen molar-refractivity contribution in [3.8, 4) is 0 Å². The summed E-state index contributed by atoms with van der Waals surface area (Å²) in [5, 5.41) is 13.0. The van der Waals surface area contributed by atoms with Gasteiger partial charge in [0.1, 0.15) is 0 Å². The lowest BCUT2D eigenvalue weighted by Gasteiger charge is -2.36. The monoisotopic (exact) mass is 302 g/mol. The summed E-state index contributed by atoms with van der Waals surface area (Å²) in [5.41, 5.74) is 2.86. The fourth-order valence-electron chi connectivity index (χ4n) is 4.18. The van der Waals surface area contributed by atoms with E-state index in [-0.39, 0.29) is 0 Å². The first-order valence-electron chi connectivity index (χ1n) is 8.92. The van der Waals surface area contributed by atoms with Gasteiger partial charge in [-0.25, -0.2) is 0 Å². The van der Waals surface area contributed by atoms with Gasteiger partial charge in [-0.3, -0.25) is 4.90 Å². The zero-order valence-electron chi connectivity index (χ0n) is 13.8. The number of piperidine rings is 1. The summed E-state index contributed by atoms with van der Waals surface area (Å²) >= 11 is 0. The van der Waals surface area contributed by atoms with Crippen molar-refractivity contribution in [3.63, 3.8) is 0 Å². The Balaban J connectivity index is 1.49. The van der Waals surface area contributed by atoms with E-state index in [9.17, 15) is 5.11 Å². The molecule has 122 valence electrons. The zero-order chi connectivity index (χ0) is 15.4. The molecule has 2 saturated heterocycles. The first kappa shape index (κ1) is 16.0. The Labute approximate surface area is 134 Å². The quantitative estimate of drug-likeness (QED) is 0.876. The maximum atomic E-state index is 9.51. The van der Waals surface area contributed by atoms with E-state index in [0.29, 0.717) is 18.4 Å². The maximum absolute atomic E-state index is 9.51. The van der Waals surface area contributed by atoms with Gasteiger partial charge >= 0.3 is 0 Å². The average Bonchev–Trinajstić information content (AvgIpc) is 3.05. The number of aliphatic hydroxyl groups excluding tert-OH is 1. The summed E-state index contributed by atoms with van der Waals surface area (Å²) in [4.78, 5) is 2.59. The van der Waals surface area contributed by atoms with Crippen LogP contribution in [0.1, 0.15) is 30.9 Å². The van der Waals surface area contributed by atoms with Gasteiger partial charge in [0.15, 0.2) is 0 Å². The Morgan fingerprint density at radius 1 is 1.09 bits per heavy atom. The third kappa shape index (κ3) is 3.70. The van der Waals surface area contributed by atoms with Crippen molar-refractivity contribution in [2.24, 2.45) is 17.8 Å². The molecule has 0 spiro atoms. The Kier molecular flexibility index (Phi) is 5.51. The lowest BCUT2D eigenvalue weighted by atomic mass is 9.79. The van der Waals surface area contributed by atoms with E-state index in [1.54, 1.807) is 0 Å². The summed E-state index contributed by atoms with van der Waals surface area (Å²) in [6.07, 6.45) is 3.69. The zero-order valence-corrected chi connectivity index (χ0v) is 13.8. The standard InChI is InChI=1S/C19H30N2O/c1-2-15-3-5-16(6-4-15)13-21-9-7-17(8-10-21)19-12-20-11-18(19)14-22/h3-6,17-20,22H,2,7-14H2,1H3/t18-,19-/m0/s1. The Morgan fingerprint density at radius 2 is 1.77 bits per heavy atom. The van der Waals surface area contributed by atoms with Gasteiger partial charge in [0, 0.05) is 19.7 Å². The molecule has 0 amide bonds. The van der Waals surface area contributed by atoms with Gasteiger partial charge < -0.3 is 10.4 Å². The van der Waals surface area contributed by atoms with Crippen LogP contribution >= 0.6 is 0 Å². The predicted molar refractivity (Wildman–Crippen MR) is 90.8 cm³/mol. The first-order chi connectivity index (χ1) is 10.8. The molecule has 0 aliphatic carbocycles. The van der Waals surface area contributed by atoms with Crippen LogP contribution in [0.25, 0.3) is 0 Å². The van der Waals surface area contributed by atoms with E-state index in [4.69, 9.17) is 0 Å². The number of aliphatic hydroxyl groups is 1. The summed E-state index contributed by atoms with van der Waals surface area (Å²) in [6.45, 7) is 8.16. The molecule has 3 rings (SSSR count). The van der Waals surface area contributed by atoms with Crippen molar-refractivity contribution < 1.29 is 5.11 Å². The third-order valence-electron chi connectivity index (χ3n) is 5.70. The molecule has 0 bridgehead atoms. The van der Waals surface area contributed by atoms with Crippen molar-refractivity contribution in [3.05, 3.63) is 35.4 Å². The van der Waals surface area contributed by atoms with Gasteiger partial charge in [0.05, 0.1) is 0 Å². The highest BCUT2D eigenvalue weighted by Crippen LogP contribution is 2.32. The van der Waals surface area contributed by atoms with Crippen molar-refractivity contribution in [1.82, 2.24) is 10.2 Å². The van der Waals surface area contributed by atoms with Gasteiger partial charge in [-0.05, 0) is 67.8 Å². The third-order valence-corrected chi connectivity index (χ3v) is 5.70. The molecule has 1 aromatic carbocycles. The van der Waals surface area contributed by atoms with Gasteiger partial charge in [0.25, 0.3) is 0 Å². The SMILES string of the molecule is CCc1ccc(CN2CCC([C@@H]3CNC[C@H]3CO)CC2)cc1. The van der Waals surface area contributed by atoms with E-state index in [1.165, 1.54) is 37.1 Å². The number of nitrogens with one attached hydrogen (secondary N) is 1. The highest BCUT2D eigenvalue weighted by molar-refractivity contribution is 5.22. The highest BCUT2D eigenvalue weighted by Gasteiger charge is 2.34. The highest BCUT2D eigenvalue weighted by atomic mass is 16.3. The maximum Gasteiger partial charge on any atom is 0.0474 e. The second-order valence-electron chi connectivity index (χ2n) is 7.05. The molecule has 2 heterocycles. The van der Waals surface area contributed by atoms with E-state index in [1.807, 2.05) is 0 Å². The molecule has 0 saturated carbocycles. The van der Waals surface area contributed by atoms with Crippen molar-refractivity contribution >= 4 is 0 Å². The second kappa shape index (κ2) is 7.58. The number of rotatable bonds is 5. The van der Waals surface area contributed by atoms with Crippen molar-refractivity contribution in [1.29, 1.82) is 0 Å². The Bertz CT molecular complexity index is 451. The molecular weight excluding hydrogens is 272 g/mol. The van der Waals surface area contributed by atoms with Crippen LogP contribution in [0, 0.1) is 17.8 Å². The fraction of sp³-hybridized carbons (Fsp3) is 0.684.